The van der Waals surface area contributed by atoms with Gasteiger partial charge < -0.3 is 4.42 Å². The average Bonchev–Trinajstić information content (AvgIpc) is 3.23. The second-order valence-corrected chi connectivity index (χ2v) is 9.42. The Morgan fingerprint density at radius 2 is 1.61 bits per heavy atom. The third kappa shape index (κ3) is 2.36. The van der Waals surface area contributed by atoms with Crippen molar-refractivity contribution in [2.75, 3.05) is 0 Å². The standard InChI is InChI=1S/C29H25NO/c1-16-10-11-21-26-24(31-28(21)25(16)23-14-17(2)18(3)15-30-23)13-12-20-19-8-6-7-9-22(19)29(4,5)27(20)26/h6-15H,1-5H3. The molecule has 0 atom stereocenters. The summed E-state index contributed by atoms with van der Waals surface area (Å²) in [5, 5.41) is 2.41. The second kappa shape index (κ2) is 6.07. The molecule has 31 heavy (non-hydrogen) atoms. The molecule has 0 saturated heterocycles. The minimum absolute atomic E-state index is 0.0774. The topological polar surface area (TPSA) is 26.0 Å². The number of fused-ring (bicyclic) bond motifs is 7. The van der Waals surface area contributed by atoms with Gasteiger partial charge in [-0.3, -0.25) is 4.98 Å². The van der Waals surface area contributed by atoms with E-state index in [2.05, 4.69) is 89.2 Å². The summed E-state index contributed by atoms with van der Waals surface area (Å²) in [4.78, 5) is 4.76. The van der Waals surface area contributed by atoms with Gasteiger partial charge in [-0.1, -0.05) is 56.3 Å². The summed E-state index contributed by atoms with van der Waals surface area (Å²) in [5.74, 6) is 0. The van der Waals surface area contributed by atoms with Crippen molar-refractivity contribution in [1.29, 1.82) is 0 Å². The van der Waals surface area contributed by atoms with Gasteiger partial charge in [0.2, 0.25) is 0 Å². The van der Waals surface area contributed by atoms with Crippen LogP contribution in [-0.2, 0) is 5.41 Å². The van der Waals surface area contributed by atoms with Gasteiger partial charge in [0.1, 0.15) is 11.2 Å². The molecule has 0 amide bonds. The zero-order valence-corrected chi connectivity index (χ0v) is 18.6. The number of aryl methyl sites for hydroxylation is 3. The van der Waals surface area contributed by atoms with Gasteiger partial charge >= 0.3 is 0 Å². The molecule has 1 aliphatic rings. The monoisotopic (exact) mass is 403 g/mol. The third-order valence-corrected chi connectivity index (χ3v) is 7.16. The maximum absolute atomic E-state index is 6.57. The fourth-order valence-electron chi connectivity index (χ4n) is 5.38. The van der Waals surface area contributed by atoms with E-state index < -0.39 is 0 Å². The van der Waals surface area contributed by atoms with Gasteiger partial charge in [-0.15, -0.1) is 0 Å². The first-order valence-corrected chi connectivity index (χ1v) is 10.9. The Labute approximate surface area is 182 Å². The van der Waals surface area contributed by atoms with Gasteiger partial charge in [0.15, 0.2) is 0 Å². The van der Waals surface area contributed by atoms with E-state index in [1.54, 1.807) is 0 Å². The molecule has 0 saturated carbocycles. The number of nitrogens with zero attached hydrogens (tertiary/aromatic N) is 1. The highest BCUT2D eigenvalue weighted by atomic mass is 16.3. The molecule has 5 aromatic rings. The fourth-order valence-corrected chi connectivity index (χ4v) is 5.38. The van der Waals surface area contributed by atoms with Crippen molar-refractivity contribution >= 4 is 21.9 Å². The normalized spacial score (nSPS) is 14.2. The maximum Gasteiger partial charge on any atom is 0.145 e. The Morgan fingerprint density at radius 1 is 0.806 bits per heavy atom. The van der Waals surface area contributed by atoms with E-state index in [4.69, 9.17) is 9.40 Å². The summed E-state index contributed by atoms with van der Waals surface area (Å²) >= 11 is 0. The number of benzene rings is 3. The average molecular weight is 404 g/mol. The zero-order valence-electron chi connectivity index (χ0n) is 18.6. The van der Waals surface area contributed by atoms with E-state index in [1.165, 1.54) is 49.7 Å². The number of furan rings is 1. The van der Waals surface area contributed by atoms with Crippen molar-refractivity contribution < 1.29 is 4.42 Å². The molecule has 152 valence electrons. The highest BCUT2D eigenvalue weighted by Crippen LogP contribution is 2.53. The van der Waals surface area contributed by atoms with Crippen molar-refractivity contribution in [2.24, 2.45) is 0 Å². The molecule has 2 aromatic heterocycles. The number of hydrogen-bond donors (Lipinski definition) is 0. The van der Waals surface area contributed by atoms with E-state index >= 15 is 0 Å². The SMILES string of the molecule is Cc1cnc(-c2c(C)ccc3c2oc2ccc4c(c23)C(C)(C)c2ccccc2-4)cc1C. The highest BCUT2D eigenvalue weighted by Gasteiger charge is 2.38. The number of rotatable bonds is 1. The van der Waals surface area contributed by atoms with Crippen molar-refractivity contribution in [3.8, 4) is 22.4 Å². The van der Waals surface area contributed by atoms with Crippen LogP contribution in [0.25, 0.3) is 44.3 Å². The van der Waals surface area contributed by atoms with Gasteiger partial charge in [0.25, 0.3) is 0 Å². The molecule has 2 heterocycles. The Bertz CT molecular complexity index is 1530. The van der Waals surface area contributed by atoms with E-state index in [9.17, 15) is 0 Å². The van der Waals surface area contributed by atoms with Crippen LogP contribution in [0.4, 0.5) is 0 Å². The lowest BCUT2D eigenvalue weighted by molar-refractivity contribution is 0.657. The molecule has 2 nitrogen and oxygen atoms in total. The smallest absolute Gasteiger partial charge is 0.145 e. The van der Waals surface area contributed by atoms with E-state index in [0.717, 1.165) is 22.4 Å². The van der Waals surface area contributed by atoms with Crippen LogP contribution in [0.1, 0.15) is 41.7 Å². The molecule has 6 rings (SSSR count). The summed E-state index contributed by atoms with van der Waals surface area (Å²) in [7, 11) is 0. The molecule has 0 radical (unpaired) electrons. The minimum atomic E-state index is -0.0774. The van der Waals surface area contributed by atoms with Crippen molar-refractivity contribution in [2.45, 2.75) is 40.0 Å². The Hall–Kier alpha value is -3.39. The minimum Gasteiger partial charge on any atom is -0.455 e. The molecule has 0 fully saturated rings. The van der Waals surface area contributed by atoms with Gasteiger partial charge in [0, 0.05) is 27.9 Å². The van der Waals surface area contributed by atoms with Crippen LogP contribution in [0.15, 0.2) is 65.2 Å². The fraction of sp³-hybridized carbons (Fsp3) is 0.207. The second-order valence-electron chi connectivity index (χ2n) is 9.42. The summed E-state index contributed by atoms with van der Waals surface area (Å²) in [6.45, 7) is 11.0. The lowest BCUT2D eigenvalue weighted by Gasteiger charge is -2.22. The molecule has 0 bridgehead atoms. The molecular weight excluding hydrogens is 378 g/mol. The first kappa shape index (κ1) is 18.4. The lowest BCUT2D eigenvalue weighted by atomic mass is 9.80. The van der Waals surface area contributed by atoms with Crippen LogP contribution in [0.5, 0.6) is 0 Å². The molecule has 0 aliphatic heterocycles. The van der Waals surface area contributed by atoms with Crippen LogP contribution in [0.3, 0.4) is 0 Å². The highest BCUT2D eigenvalue weighted by molar-refractivity contribution is 6.14. The van der Waals surface area contributed by atoms with Crippen LogP contribution >= 0.6 is 0 Å². The first-order chi connectivity index (χ1) is 14.9. The van der Waals surface area contributed by atoms with Gasteiger partial charge in [-0.2, -0.15) is 0 Å². The Morgan fingerprint density at radius 3 is 2.42 bits per heavy atom. The van der Waals surface area contributed by atoms with Gasteiger partial charge in [-0.25, -0.2) is 0 Å². The van der Waals surface area contributed by atoms with Crippen LogP contribution in [-0.4, -0.2) is 4.98 Å². The van der Waals surface area contributed by atoms with Crippen LogP contribution in [0, 0.1) is 20.8 Å². The largest absolute Gasteiger partial charge is 0.455 e. The van der Waals surface area contributed by atoms with Crippen molar-refractivity contribution in [1.82, 2.24) is 4.98 Å². The predicted molar refractivity (Wildman–Crippen MR) is 129 cm³/mol. The van der Waals surface area contributed by atoms with E-state index in [1.807, 2.05) is 6.20 Å². The maximum atomic E-state index is 6.57. The quantitative estimate of drug-likeness (QED) is 0.284. The summed E-state index contributed by atoms with van der Waals surface area (Å²) in [5.41, 5.74) is 12.9. The molecule has 0 unspecified atom stereocenters. The van der Waals surface area contributed by atoms with E-state index in [0.29, 0.717) is 0 Å². The Balaban J connectivity index is 1.73. The van der Waals surface area contributed by atoms with Gasteiger partial charge in [0.05, 0.1) is 5.69 Å². The molecular formula is C29H25NO. The van der Waals surface area contributed by atoms with Gasteiger partial charge in [-0.05, 0) is 71.8 Å². The summed E-state index contributed by atoms with van der Waals surface area (Å²) < 4.78 is 6.57. The summed E-state index contributed by atoms with van der Waals surface area (Å²) in [6.07, 6.45) is 1.96. The number of pyridine rings is 1. The Kier molecular flexibility index (Phi) is 3.60. The van der Waals surface area contributed by atoms with Crippen molar-refractivity contribution in [3.63, 3.8) is 0 Å². The number of hydrogen-bond acceptors (Lipinski definition) is 2. The lowest BCUT2D eigenvalue weighted by Crippen LogP contribution is -2.15. The molecule has 3 aromatic carbocycles. The summed E-state index contributed by atoms with van der Waals surface area (Å²) in [6, 6.07) is 19.8. The van der Waals surface area contributed by atoms with Crippen LogP contribution in [0.2, 0.25) is 0 Å². The van der Waals surface area contributed by atoms with Crippen LogP contribution < -0.4 is 0 Å². The predicted octanol–water partition coefficient (Wildman–Crippen LogP) is 7.88. The number of aromatic nitrogens is 1. The molecule has 1 aliphatic carbocycles. The molecule has 2 heteroatoms. The molecule has 0 N–H and O–H groups in total. The molecule has 0 spiro atoms. The first-order valence-electron chi connectivity index (χ1n) is 10.9. The van der Waals surface area contributed by atoms with Crippen molar-refractivity contribution in [3.05, 3.63) is 88.6 Å². The zero-order chi connectivity index (χ0) is 21.5. The van der Waals surface area contributed by atoms with E-state index in [-0.39, 0.29) is 5.41 Å². The third-order valence-electron chi connectivity index (χ3n) is 7.16.